The maximum Gasteiger partial charge on any atom is 0.289 e. The van der Waals surface area contributed by atoms with Gasteiger partial charge in [-0.1, -0.05) is 0 Å². The molecule has 3 heterocycles. The molecule has 2 fully saturated rings. The average Bonchev–Trinajstić information content (AvgIpc) is 3.16. The van der Waals surface area contributed by atoms with Gasteiger partial charge >= 0.3 is 0 Å². The van der Waals surface area contributed by atoms with Gasteiger partial charge in [-0.15, -0.1) is 0 Å². The fourth-order valence-corrected chi connectivity index (χ4v) is 3.56. The van der Waals surface area contributed by atoms with Crippen LogP contribution in [0.5, 0.6) is 0 Å². The van der Waals surface area contributed by atoms with E-state index >= 15 is 0 Å². The van der Waals surface area contributed by atoms with Crippen molar-refractivity contribution in [2.75, 3.05) is 26.2 Å². The molecule has 0 spiro atoms. The number of carbonyl (C=O) groups is 3. The molecule has 2 aliphatic rings. The molecule has 0 unspecified atom stereocenters. The lowest BCUT2D eigenvalue weighted by Gasteiger charge is -2.34. The number of nitrogens with one attached hydrogen (secondary N) is 1. The van der Waals surface area contributed by atoms with Crippen LogP contribution in [0.2, 0.25) is 0 Å². The van der Waals surface area contributed by atoms with Crippen molar-refractivity contribution >= 4 is 17.7 Å². The van der Waals surface area contributed by atoms with Gasteiger partial charge in [-0.3, -0.25) is 14.4 Å². The quantitative estimate of drug-likeness (QED) is 0.892. The zero-order chi connectivity index (χ0) is 17.8. The SMILES string of the molecule is CC(=O)N1CCC(C(=O)NC2CCN(C(=O)c3ccco3)CC2)CC1. The second kappa shape index (κ2) is 7.72. The monoisotopic (exact) mass is 347 g/mol. The molecule has 1 aromatic heterocycles. The van der Waals surface area contributed by atoms with Gasteiger partial charge in [0.1, 0.15) is 0 Å². The Morgan fingerprint density at radius 3 is 2.24 bits per heavy atom. The Hall–Kier alpha value is -2.31. The summed E-state index contributed by atoms with van der Waals surface area (Å²) < 4.78 is 5.16. The second-order valence-electron chi connectivity index (χ2n) is 6.83. The van der Waals surface area contributed by atoms with Crippen molar-refractivity contribution in [1.29, 1.82) is 0 Å². The first-order valence-electron chi connectivity index (χ1n) is 8.93. The van der Waals surface area contributed by atoms with Gasteiger partial charge in [0.25, 0.3) is 5.91 Å². The summed E-state index contributed by atoms with van der Waals surface area (Å²) in [5.41, 5.74) is 0. The van der Waals surface area contributed by atoms with E-state index in [0.717, 1.165) is 25.7 Å². The molecule has 0 aliphatic carbocycles. The van der Waals surface area contributed by atoms with Gasteiger partial charge in [-0.2, -0.15) is 0 Å². The number of likely N-dealkylation sites (tertiary alicyclic amines) is 2. The van der Waals surface area contributed by atoms with Crippen molar-refractivity contribution in [1.82, 2.24) is 15.1 Å². The third-order valence-corrected chi connectivity index (χ3v) is 5.17. The van der Waals surface area contributed by atoms with Crippen LogP contribution in [0.4, 0.5) is 0 Å². The lowest BCUT2D eigenvalue weighted by molar-refractivity contribution is -0.134. The Morgan fingerprint density at radius 2 is 1.68 bits per heavy atom. The first-order chi connectivity index (χ1) is 12.0. The van der Waals surface area contributed by atoms with Crippen molar-refractivity contribution in [3.63, 3.8) is 0 Å². The predicted molar refractivity (Wildman–Crippen MR) is 90.8 cm³/mol. The van der Waals surface area contributed by atoms with Crippen molar-refractivity contribution in [2.45, 2.75) is 38.6 Å². The van der Waals surface area contributed by atoms with Gasteiger partial charge in [0, 0.05) is 45.1 Å². The van der Waals surface area contributed by atoms with Gasteiger partial charge in [0.15, 0.2) is 5.76 Å². The zero-order valence-corrected chi connectivity index (χ0v) is 14.6. The predicted octanol–water partition coefficient (Wildman–Crippen LogP) is 1.26. The number of hydrogen-bond acceptors (Lipinski definition) is 4. The molecule has 7 nitrogen and oxygen atoms in total. The summed E-state index contributed by atoms with van der Waals surface area (Å²) in [6.07, 6.45) is 4.45. The lowest BCUT2D eigenvalue weighted by atomic mass is 9.94. The average molecular weight is 347 g/mol. The highest BCUT2D eigenvalue weighted by Gasteiger charge is 2.30. The molecule has 0 bridgehead atoms. The number of furan rings is 1. The molecule has 136 valence electrons. The normalized spacial score (nSPS) is 19.7. The minimum atomic E-state index is -0.0913. The fraction of sp³-hybridized carbons (Fsp3) is 0.611. The number of rotatable bonds is 3. The summed E-state index contributed by atoms with van der Waals surface area (Å²) in [5.74, 6) is 0.413. The molecule has 7 heteroatoms. The molecule has 25 heavy (non-hydrogen) atoms. The summed E-state index contributed by atoms with van der Waals surface area (Å²) in [5, 5.41) is 3.12. The lowest BCUT2D eigenvalue weighted by Crippen LogP contribution is -2.49. The minimum Gasteiger partial charge on any atom is -0.459 e. The molecular weight excluding hydrogens is 322 g/mol. The Morgan fingerprint density at radius 1 is 1.04 bits per heavy atom. The van der Waals surface area contributed by atoms with E-state index in [0.29, 0.717) is 31.9 Å². The van der Waals surface area contributed by atoms with Gasteiger partial charge in [0.2, 0.25) is 11.8 Å². The van der Waals surface area contributed by atoms with E-state index in [1.54, 1.807) is 28.9 Å². The van der Waals surface area contributed by atoms with Crippen LogP contribution >= 0.6 is 0 Å². The number of piperidine rings is 2. The van der Waals surface area contributed by atoms with Crippen molar-refractivity contribution in [2.24, 2.45) is 5.92 Å². The number of carbonyl (C=O) groups excluding carboxylic acids is 3. The van der Waals surface area contributed by atoms with Gasteiger partial charge in [-0.25, -0.2) is 0 Å². The van der Waals surface area contributed by atoms with E-state index in [9.17, 15) is 14.4 Å². The minimum absolute atomic E-state index is 0.0154. The summed E-state index contributed by atoms with van der Waals surface area (Å²) in [7, 11) is 0. The largest absolute Gasteiger partial charge is 0.459 e. The Bertz CT molecular complexity index is 612. The van der Waals surface area contributed by atoms with Crippen molar-refractivity contribution in [3.05, 3.63) is 24.2 Å². The van der Waals surface area contributed by atoms with E-state index in [1.807, 2.05) is 0 Å². The van der Waals surface area contributed by atoms with Crippen LogP contribution in [-0.2, 0) is 9.59 Å². The molecule has 1 aromatic rings. The summed E-state index contributed by atoms with van der Waals surface area (Å²) in [4.78, 5) is 39.6. The Labute approximate surface area is 147 Å². The van der Waals surface area contributed by atoms with E-state index in [2.05, 4.69) is 5.32 Å². The van der Waals surface area contributed by atoms with Crippen LogP contribution in [0.25, 0.3) is 0 Å². The van der Waals surface area contributed by atoms with Gasteiger partial charge < -0.3 is 19.5 Å². The number of hydrogen-bond donors (Lipinski definition) is 1. The van der Waals surface area contributed by atoms with Crippen LogP contribution in [0.3, 0.4) is 0 Å². The third-order valence-electron chi connectivity index (χ3n) is 5.17. The van der Waals surface area contributed by atoms with Crippen molar-refractivity contribution in [3.8, 4) is 0 Å². The number of amides is 3. The standard InChI is InChI=1S/C18H25N3O4/c1-13(22)20-8-4-14(5-9-20)17(23)19-15-6-10-21(11-7-15)18(24)16-3-2-12-25-16/h2-3,12,14-15H,4-11H2,1H3,(H,19,23). The molecule has 0 atom stereocenters. The summed E-state index contributed by atoms with van der Waals surface area (Å²) in [6.45, 7) is 4.12. The molecule has 3 rings (SSSR count). The maximum atomic E-state index is 12.4. The third kappa shape index (κ3) is 4.21. The zero-order valence-electron chi connectivity index (χ0n) is 14.6. The highest BCUT2D eigenvalue weighted by atomic mass is 16.3. The summed E-state index contributed by atoms with van der Waals surface area (Å²) >= 11 is 0. The topological polar surface area (TPSA) is 82.9 Å². The fourth-order valence-electron chi connectivity index (χ4n) is 3.56. The van der Waals surface area contributed by atoms with Crippen LogP contribution in [0, 0.1) is 5.92 Å². The molecule has 2 aliphatic heterocycles. The molecule has 2 saturated heterocycles. The van der Waals surface area contributed by atoms with E-state index in [1.165, 1.54) is 6.26 Å². The Kier molecular flexibility index (Phi) is 5.40. The molecule has 0 aromatic carbocycles. The van der Waals surface area contributed by atoms with Gasteiger partial charge in [-0.05, 0) is 37.8 Å². The van der Waals surface area contributed by atoms with Crippen LogP contribution < -0.4 is 5.32 Å². The smallest absolute Gasteiger partial charge is 0.289 e. The van der Waals surface area contributed by atoms with E-state index < -0.39 is 0 Å². The Balaban J connectivity index is 1.42. The van der Waals surface area contributed by atoms with Crippen LogP contribution in [0.1, 0.15) is 43.2 Å². The number of nitrogens with zero attached hydrogens (tertiary/aromatic N) is 2. The first kappa shape index (κ1) is 17.5. The highest BCUT2D eigenvalue weighted by molar-refractivity contribution is 5.91. The van der Waals surface area contributed by atoms with E-state index in [-0.39, 0.29) is 29.7 Å². The van der Waals surface area contributed by atoms with Crippen molar-refractivity contribution < 1.29 is 18.8 Å². The van der Waals surface area contributed by atoms with E-state index in [4.69, 9.17) is 4.42 Å². The molecular formula is C18H25N3O4. The highest BCUT2D eigenvalue weighted by Crippen LogP contribution is 2.19. The van der Waals surface area contributed by atoms with Crippen LogP contribution in [-0.4, -0.2) is 59.7 Å². The molecule has 0 radical (unpaired) electrons. The van der Waals surface area contributed by atoms with Crippen LogP contribution in [0.15, 0.2) is 22.8 Å². The molecule has 1 N–H and O–H groups in total. The first-order valence-corrected chi connectivity index (χ1v) is 8.93. The second-order valence-corrected chi connectivity index (χ2v) is 6.83. The maximum absolute atomic E-state index is 12.4. The summed E-state index contributed by atoms with van der Waals surface area (Å²) in [6, 6.07) is 3.49. The van der Waals surface area contributed by atoms with Gasteiger partial charge in [0.05, 0.1) is 6.26 Å². The molecule has 0 saturated carbocycles. The molecule has 3 amide bonds.